The monoisotopic (exact) mass is 258 g/mol. The Hall–Kier alpha value is -2.07. The van der Waals surface area contributed by atoms with E-state index in [1.165, 1.54) is 5.56 Å². The van der Waals surface area contributed by atoms with E-state index < -0.39 is 0 Å². The van der Waals surface area contributed by atoms with E-state index in [4.69, 9.17) is 4.84 Å². The Morgan fingerprint density at radius 1 is 1.21 bits per heavy atom. The molecule has 1 aromatic carbocycles. The molecule has 0 bridgehead atoms. The van der Waals surface area contributed by atoms with Crippen LogP contribution in [-0.4, -0.2) is 17.1 Å². The molecule has 0 radical (unpaired) electrons. The highest BCUT2D eigenvalue weighted by atomic mass is 16.6. The summed E-state index contributed by atoms with van der Waals surface area (Å²) in [7, 11) is 0. The fourth-order valence-corrected chi connectivity index (χ4v) is 1.90. The van der Waals surface area contributed by atoms with E-state index in [0.717, 1.165) is 13.0 Å². The second kappa shape index (κ2) is 6.75. The van der Waals surface area contributed by atoms with Gasteiger partial charge in [-0.2, -0.15) is 0 Å². The third-order valence-corrected chi connectivity index (χ3v) is 2.86. The molecule has 2 aromatic rings. The third-order valence-electron chi connectivity index (χ3n) is 2.86. The zero-order valence-corrected chi connectivity index (χ0v) is 11.0. The van der Waals surface area contributed by atoms with Crippen LogP contribution in [0.5, 0.6) is 0 Å². The van der Waals surface area contributed by atoms with Gasteiger partial charge < -0.3 is 4.57 Å². The molecule has 1 aromatic heterocycles. The summed E-state index contributed by atoms with van der Waals surface area (Å²) in [5.41, 5.74) is 4.29. The van der Waals surface area contributed by atoms with Crippen LogP contribution in [-0.2, 0) is 17.8 Å². The van der Waals surface area contributed by atoms with Crippen molar-refractivity contribution < 1.29 is 9.63 Å². The summed E-state index contributed by atoms with van der Waals surface area (Å²) in [6, 6.07) is 13.9. The van der Waals surface area contributed by atoms with Crippen LogP contribution in [0.1, 0.15) is 23.0 Å². The normalized spacial score (nSPS) is 10.4. The van der Waals surface area contributed by atoms with E-state index >= 15 is 0 Å². The maximum atomic E-state index is 11.8. The van der Waals surface area contributed by atoms with Crippen LogP contribution in [0.2, 0.25) is 0 Å². The highest BCUT2D eigenvalue weighted by Gasteiger charge is 2.10. The molecule has 0 saturated heterocycles. The van der Waals surface area contributed by atoms with Crippen LogP contribution in [0.4, 0.5) is 0 Å². The number of benzene rings is 1. The Morgan fingerprint density at radius 3 is 2.74 bits per heavy atom. The van der Waals surface area contributed by atoms with Crippen LogP contribution in [0.15, 0.2) is 48.7 Å². The average Bonchev–Trinajstić information content (AvgIpc) is 2.92. The summed E-state index contributed by atoms with van der Waals surface area (Å²) < 4.78 is 1.93. The lowest BCUT2D eigenvalue weighted by molar-refractivity contribution is 0.0356. The topological polar surface area (TPSA) is 43.3 Å². The van der Waals surface area contributed by atoms with E-state index in [-0.39, 0.29) is 5.91 Å². The lowest BCUT2D eigenvalue weighted by atomic mass is 10.1. The molecule has 1 N–H and O–H groups in total. The number of amides is 1. The number of hydroxylamine groups is 1. The average molecular weight is 258 g/mol. The van der Waals surface area contributed by atoms with E-state index in [1.54, 1.807) is 6.07 Å². The number of carbonyl (C=O) groups excluding carboxylic acids is 1. The first-order valence-electron chi connectivity index (χ1n) is 6.42. The number of hydrogen-bond donors (Lipinski definition) is 1. The standard InChI is InChI=1S/C15H18N2O2/c1-2-19-16-15(18)14-9-6-11-17(14)12-10-13-7-4-3-5-8-13/h3-9,11H,2,10,12H2,1H3,(H,16,18). The summed E-state index contributed by atoms with van der Waals surface area (Å²) in [4.78, 5) is 16.8. The van der Waals surface area contributed by atoms with Gasteiger partial charge in [-0.3, -0.25) is 9.63 Å². The highest BCUT2D eigenvalue weighted by molar-refractivity contribution is 5.91. The molecule has 0 saturated carbocycles. The predicted octanol–water partition coefficient (Wildman–Crippen LogP) is 2.41. The van der Waals surface area contributed by atoms with Crippen LogP contribution in [0.3, 0.4) is 0 Å². The second-order valence-corrected chi connectivity index (χ2v) is 4.19. The van der Waals surface area contributed by atoms with E-state index in [1.807, 2.05) is 42.0 Å². The number of rotatable bonds is 6. The molecule has 0 fully saturated rings. The quantitative estimate of drug-likeness (QED) is 0.809. The molecule has 4 nitrogen and oxygen atoms in total. The van der Waals surface area contributed by atoms with Gasteiger partial charge in [-0.15, -0.1) is 0 Å². The molecule has 0 aliphatic heterocycles. The maximum Gasteiger partial charge on any atom is 0.291 e. The first kappa shape index (κ1) is 13.4. The predicted molar refractivity (Wildman–Crippen MR) is 73.7 cm³/mol. The van der Waals surface area contributed by atoms with Gasteiger partial charge >= 0.3 is 0 Å². The maximum absolute atomic E-state index is 11.8. The molecule has 0 unspecified atom stereocenters. The summed E-state index contributed by atoms with van der Waals surface area (Å²) in [5, 5.41) is 0. The fraction of sp³-hybridized carbons (Fsp3) is 0.267. The molecular formula is C15H18N2O2. The van der Waals surface area contributed by atoms with Crippen molar-refractivity contribution in [1.29, 1.82) is 0 Å². The Labute approximate surface area is 113 Å². The molecule has 1 amide bonds. The van der Waals surface area contributed by atoms with E-state index in [2.05, 4.69) is 17.6 Å². The minimum Gasteiger partial charge on any atom is -0.343 e. The Bertz CT molecular complexity index is 520. The lowest BCUT2D eigenvalue weighted by Gasteiger charge is -2.09. The zero-order valence-electron chi connectivity index (χ0n) is 11.0. The molecule has 0 aliphatic rings. The summed E-state index contributed by atoms with van der Waals surface area (Å²) in [5.74, 6) is -0.208. The van der Waals surface area contributed by atoms with Crippen LogP contribution >= 0.6 is 0 Å². The SMILES string of the molecule is CCONC(=O)c1cccn1CCc1ccccc1. The van der Waals surface area contributed by atoms with Crippen molar-refractivity contribution in [3.05, 3.63) is 59.9 Å². The molecule has 0 atom stereocenters. The number of nitrogens with zero attached hydrogens (tertiary/aromatic N) is 1. The molecule has 1 heterocycles. The van der Waals surface area contributed by atoms with Crippen molar-refractivity contribution in [3.63, 3.8) is 0 Å². The molecule has 19 heavy (non-hydrogen) atoms. The largest absolute Gasteiger partial charge is 0.343 e. The Kier molecular flexibility index (Phi) is 4.75. The van der Waals surface area contributed by atoms with Gasteiger partial charge in [0.1, 0.15) is 5.69 Å². The fourth-order valence-electron chi connectivity index (χ4n) is 1.90. The Balaban J connectivity index is 1.98. The summed E-state index contributed by atoms with van der Waals surface area (Å²) in [6.45, 7) is 3.05. The number of carbonyl (C=O) groups is 1. The second-order valence-electron chi connectivity index (χ2n) is 4.19. The van der Waals surface area contributed by atoms with Gasteiger partial charge in [0, 0.05) is 12.7 Å². The van der Waals surface area contributed by atoms with Gasteiger partial charge in [0.25, 0.3) is 5.91 Å². The van der Waals surface area contributed by atoms with Gasteiger partial charge in [0.15, 0.2) is 0 Å². The molecular weight excluding hydrogens is 240 g/mol. The number of hydrogen-bond acceptors (Lipinski definition) is 2. The molecule has 0 aliphatic carbocycles. The summed E-state index contributed by atoms with van der Waals surface area (Å²) >= 11 is 0. The Morgan fingerprint density at radius 2 is 2.00 bits per heavy atom. The van der Waals surface area contributed by atoms with Crippen LogP contribution in [0, 0.1) is 0 Å². The first-order valence-corrected chi connectivity index (χ1v) is 6.42. The van der Waals surface area contributed by atoms with Crippen LogP contribution in [0.25, 0.3) is 0 Å². The minimum absolute atomic E-state index is 0.208. The van der Waals surface area contributed by atoms with Crippen molar-refractivity contribution in [2.75, 3.05) is 6.61 Å². The van der Waals surface area contributed by atoms with Gasteiger partial charge in [-0.25, -0.2) is 5.48 Å². The van der Waals surface area contributed by atoms with Crippen molar-refractivity contribution in [2.45, 2.75) is 19.9 Å². The molecule has 100 valence electrons. The summed E-state index contributed by atoms with van der Waals surface area (Å²) in [6.07, 6.45) is 2.80. The van der Waals surface area contributed by atoms with Gasteiger partial charge in [-0.05, 0) is 31.0 Å². The van der Waals surface area contributed by atoms with Crippen LogP contribution < -0.4 is 5.48 Å². The highest BCUT2D eigenvalue weighted by Crippen LogP contribution is 2.06. The number of aromatic nitrogens is 1. The van der Waals surface area contributed by atoms with E-state index in [0.29, 0.717) is 12.3 Å². The molecule has 4 heteroatoms. The van der Waals surface area contributed by atoms with E-state index in [9.17, 15) is 4.79 Å². The van der Waals surface area contributed by atoms with Gasteiger partial charge in [0.2, 0.25) is 0 Å². The lowest BCUT2D eigenvalue weighted by Crippen LogP contribution is -2.26. The molecule has 2 rings (SSSR count). The third kappa shape index (κ3) is 3.69. The van der Waals surface area contributed by atoms with Gasteiger partial charge in [0.05, 0.1) is 6.61 Å². The zero-order chi connectivity index (χ0) is 13.5. The van der Waals surface area contributed by atoms with Crippen molar-refractivity contribution >= 4 is 5.91 Å². The number of aryl methyl sites for hydroxylation is 2. The van der Waals surface area contributed by atoms with Crippen molar-refractivity contribution in [1.82, 2.24) is 10.0 Å². The van der Waals surface area contributed by atoms with Gasteiger partial charge in [-0.1, -0.05) is 30.3 Å². The van der Waals surface area contributed by atoms with Crippen molar-refractivity contribution in [2.24, 2.45) is 0 Å². The first-order chi connectivity index (χ1) is 9.31. The number of nitrogens with one attached hydrogen (secondary N) is 1. The smallest absolute Gasteiger partial charge is 0.291 e. The molecule has 0 spiro atoms. The minimum atomic E-state index is -0.208. The van der Waals surface area contributed by atoms with Crippen molar-refractivity contribution in [3.8, 4) is 0 Å².